The van der Waals surface area contributed by atoms with E-state index in [2.05, 4.69) is 15.3 Å². The average molecular weight is 284 g/mol. The molecule has 0 bridgehead atoms. The number of aromatic nitrogens is 2. The van der Waals surface area contributed by atoms with E-state index in [-0.39, 0.29) is 11.9 Å². The van der Waals surface area contributed by atoms with Gasteiger partial charge in [0.15, 0.2) is 0 Å². The molecule has 2 rings (SSSR count). The molecule has 0 aromatic carbocycles. The van der Waals surface area contributed by atoms with E-state index in [9.17, 15) is 4.79 Å². The van der Waals surface area contributed by atoms with E-state index < -0.39 is 0 Å². The molecular formula is C12H18ClN5O. The number of nitrogen functional groups attached to an aromatic ring is 1. The molecule has 0 spiro atoms. The van der Waals surface area contributed by atoms with Gasteiger partial charge in [0.05, 0.1) is 6.20 Å². The van der Waals surface area contributed by atoms with E-state index in [1.165, 1.54) is 6.20 Å². The number of nitrogens with two attached hydrogens (primary N) is 1. The Labute approximate surface area is 117 Å². The Balaban J connectivity index is 1.74. The second-order valence-corrected chi connectivity index (χ2v) is 4.95. The minimum atomic E-state index is 0.193. The summed E-state index contributed by atoms with van der Waals surface area (Å²) in [4.78, 5) is 21.3. The van der Waals surface area contributed by atoms with Crippen LogP contribution >= 0.6 is 11.6 Å². The zero-order valence-corrected chi connectivity index (χ0v) is 11.5. The maximum atomic E-state index is 11.6. The van der Waals surface area contributed by atoms with E-state index >= 15 is 0 Å². The highest BCUT2D eigenvalue weighted by Gasteiger charge is 2.16. The van der Waals surface area contributed by atoms with E-state index in [0.717, 1.165) is 32.4 Å². The molecule has 1 aliphatic rings. The zero-order valence-electron chi connectivity index (χ0n) is 10.7. The van der Waals surface area contributed by atoms with Crippen LogP contribution in [0.5, 0.6) is 0 Å². The number of nitrogens with zero attached hydrogens (tertiary/aromatic N) is 3. The molecule has 0 atom stereocenters. The van der Waals surface area contributed by atoms with Gasteiger partial charge in [-0.1, -0.05) is 11.6 Å². The number of carbonyl (C=O) groups is 1. The highest BCUT2D eigenvalue weighted by molar-refractivity contribution is 6.32. The highest BCUT2D eigenvalue weighted by atomic mass is 35.5. The molecule has 3 N–H and O–H groups in total. The normalized spacial score (nSPS) is 15.6. The van der Waals surface area contributed by atoms with Crippen LogP contribution in [0.2, 0.25) is 5.02 Å². The third-order valence-electron chi connectivity index (χ3n) is 3.08. The van der Waals surface area contributed by atoms with Crippen LogP contribution in [0.25, 0.3) is 0 Å². The van der Waals surface area contributed by atoms with Crippen LogP contribution in [-0.4, -0.2) is 40.4 Å². The van der Waals surface area contributed by atoms with E-state index in [1.807, 2.05) is 4.90 Å². The summed E-state index contributed by atoms with van der Waals surface area (Å²) < 4.78 is 0. The maximum Gasteiger partial charge on any atom is 0.222 e. The van der Waals surface area contributed by atoms with Gasteiger partial charge in [0, 0.05) is 26.1 Å². The Morgan fingerprint density at radius 3 is 3.11 bits per heavy atom. The number of hydrogen-bond acceptors (Lipinski definition) is 5. The number of rotatable bonds is 5. The van der Waals surface area contributed by atoms with Gasteiger partial charge in [-0.25, -0.2) is 4.98 Å². The topological polar surface area (TPSA) is 84.1 Å². The number of piperidine rings is 1. The summed E-state index contributed by atoms with van der Waals surface area (Å²) in [7, 11) is 0. The largest absolute Gasteiger partial charge is 0.369 e. The molecule has 2 heterocycles. The summed E-state index contributed by atoms with van der Waals surface area (Å²) in [6.07, 6.45) is 5.13. The van der Waals surface area contributed by atoms with Gasteiger partial charge in [0.1, 0.15) is 10.8 Å². The van der Waals surface area contributed by atoms with Gasteiger partial charge in [0.2, 0.25) is 11.9 Å². The molecule has 1 amide bonds. The van der Waals surface area contributed by atoms with Crippen LogP contribution in [0.3, 0.4) is 0 Å². The lowest BCUT2D eigenvalue weighted by molar-refractivity contribution is -0.133. The van der Waals surface area contributed by atoms with Crippen molar-refractivity contribution in [3.05, 3.63) is 11.2 Å². The fourth-order valence-electron chi connectivity index (χ4n) is 2.08. The van der Waals surface area contributed by atoms with Gasteiger partial charge in [-0.3, -0.25) is 4.79 Å². The van der Waals surface area contributed by atoms with Gasteiger partial charge in [0.25, 0.3) is 0 Å². The molecule has 1 saturated heterocycles. The van der Waals surface area contributed by atoms with Gasteiger partial charge in [-0.15, -0.1) is 0 Å². The van der Waals surface area contributed by atoms with Crippen LogP contribution in [0, 0.1) is 0 Å². The first kappa shape index (κ1) is 13.9. The second-order valence-electron chi connectivity index (χ2n) is 4.54. The minimum absolute atomic E-state index is 0.193. The molecule has 19 heavy (non-hydrogen) atoms. The SMILES string of the molecule is Nc1ncc(Cl)c(NCCCN2CCCCC2=O)n1. The number of likely N-dealkylation sites (tertiary alicyclic amines) is 1. The Kier molecular flexibility index (Phi) is 4.79. The smallest absolute Gasteiger partial charge is 0.222 e. The quantitative estimate of drug-likeness (QED) is 0.801. The van der Waals surface area contributed by atoms with E-state index in [4.69, 9.17) is 17.3 Å². The fourth-order valence-corrected chi connectivity index (χ4v) is 2.24. The summed E-state index contributed by atoms with van der Waals surface area (Å²) in [6, 6.07) is 0. The first-order chi connectivity index (χ1) is 9.16. The van der Waals surface area contributed by atoms with Crippen molar-refractivity contribution in [1.82, 2.24) is 14.9 Å². The van der Waals surface area contributed by atoms with Crippen molar-refractivity contribution < 1.29 is 4.79 Å². The summed E-state index contributed by atoms with van der Waals surface area (Å²) in [6.45, 7) is 2.34. The standard InChI is InChI=1S/C12H18ClN5O/c13-9-8-16-12(14)17-11(9)15-5-3-7-18-6-2-1-4-10(18)19/h8H,1-7H2,(H3,14,15,16,17). The fraction of sp³-hybridized carbons (Fsp3) is 0.583. The van der Waals surface area contributed by atoms with Crippen molar-refractivity contribution in [2.24, 2.45) is 0 Å². The van der Waals surface area contributed by atoms with Crippen molar-refractivity contribution in [2.45, 2.75) is 25.7 Å². The number of hydrogen-bond donors (Lipinski definition) is 2. The summed E-state index contributed by atoms with van der Waals surface area (Å²) >= 11 is 5.94. The predicted octanol–water partition coefficient (Wildman–Crippen LogP) is 1.53. The molecule has 1 aliphatic heterocycles. The maximum absolute atomic E-state index is 11.6. The lowest BCUT2D eigenvalue weighted by atomic mass is 10.1. The Hall–Kier alpha value is -1.56. The molecule has 0 radical (unpaired) electrons. The summed E-state index contributed by atoms with van der Waals surface area (Å²) in [5.74, 6) is 0.993. The monoisotopic (exact) mass is 283 g/mol. The first-order valence-electron chi connectivity index (χ1n) is 6.46. The van der Waals surface area contributed by atoms with Crippen LogP contribution in [0.4, 0.5) is 11.8 Å². The number of halogens is 1. The second kappa shape index (κ2) is 6.56. The average Bonchev–Trinajstić information content (AvgIpc) is 2.40. The van der Waals surface area contributed by atoms with Gasteiger partial charge >= 0.3 is 0 Å². The number of nitrogens with one attached hydrogen (secondary N) is 1. The molecule has 0 unspecified atom stereocenters. The van der Waals surface area contributed by atoms with Crippen molar-refractivity contribution >= 4 is 29.3 Å². The van der Waals surface area contributed by atoms with Crippen molar-refractivity contribution in [1.29, 1.82) is 0 Å². The summed E-state index contributed by atoms with van der Waals surface area (Å²) in [5.41, 5.74) is 5.49. The number of amides is 1. The molecule has 6 nitrogen and oxygen atoms in total. The molecule has 0 aliphatic carbocycles. The Morgan fingerprint density at radius 2 is 2.32 bits per heavy atom. The summed E-state index contributed by atoms with van der Waals surface area (Å²) in [5, 5.41) is 3.55. The Bertz CT molecular complexity index is 454. The number of anilines is 2. The first-order valence-corrected chi connectivity index (χ1v) is 6.84. The molecule has 7 heteroatoms. The Morgan fingerprint density at radius 1 is 1.47 bits per heavy atom. The van der Waals surface area contributed by atoms with E-state index in [1.54, 1.807) is 0 Å². The lowest BCUT2D eigenvalue weighted by Gasteiger charge is -2.26. The third-order valence-corrected chi connectivity index (χ3v) is 3.36. The highest BCUT2D eigenvalue weighted by Crippen LogP contribution is 2.18. The van der Waals surface area contributed by atoms with Crippen molar-refractivity contribution in [3.8, 4) is 0 Å². The molecule has 1 aromatic rings. The molecule has 1 aromatic heterocycles. The van der Waals surface area contributed by atoms with Crippen LogP contribution < -0.4 is 11.1 Å². The van der Waals surface area contributed by atoms with Crippen LogP contribution in [0.15, 0.2) is 6.20 Å². The van der Waals surface area contributed by atoms with Gasteiger partial charge in [-0.2, -0.15) is 4.98 Å². The zero-order chi connectivity index (χ0) is 13.7. The van der Waals surface area contributed by atoms with Gasteiger partial charge < -0.3 is 16.0 Å². The molecular weight excluding hydrogens is 266 g/mol. The number of carbonyl (C=O) groups excluding carboxylic acids is 1. The minimum Gasteiger partial charge on any atom is -0.369 e. The van der Waals surface area contributed by atoms with Crippen LogP contribution in [-0.2, 0) is 4.79 Å². The van der Waals surface area contributed by atoms with Crippen molar-refractivity contribution in [2.75, 3.05) is 30.7 Å². The van der Waals surface area contributed by atoms with Gasteiger partial charge in [-0.05, 0) is 19.3 Å². The molecule has 104 valence electrons. The van der Waals surface area contributed by atoms with Crippen LogP contribution in [0.1, 0.15) is 25.7 Å². The predicted molar refractivity (Wildman–Crippen MR) is 75.0 cm³/mol. The molecule has 0 saturated carbocycles. The third kappa shape index (κ3) is 3.96. The van der Waals surface area contributed by atoms with E-state index in [0.29, 0.717) is 23.8 Å². The van der Waals surface area contributed by atoms with Crippen molar-refractivity contribution in [3.63, 3.8) is 0 Å². The molecule has 1 fully saturated rings. The lowest BCUT2D eigenvalue weighted by Crippen LogP contribution is -2.36.